The van der Waals surface area contributed by atoms with Crippen LogP contribution in [0.25, 0.3) is 0 Å². The van der Waals surface area contributed by atoms with E-state index in [1.54, 1.807) is 18.2 Å². The molecule has 94 valence electrons. The third-order valence-electron chi connectivity index (χ3n) is 2.21. The van der Waals surface area contributed by atoms with E-state index in [0.717, 1.165) is 5.56 Å². The fraction of sp³-hybridized carbons (Fsp3) is 0.231. The number of carbonyl (C=O) groups excluding carboxylic acids is 2. The van der Waals surface area contributed by atoms with Crippen molar-refractivity contribution in [3.05, 3.63) is 29.8 Å². The van der Waals surface area contributed by atoms with Gasteiger partial charge in [-0.2, -0.15) is 0 Å². The fourth-order valence-electron chi connectivity index (χ4n) is 1.41. The van der Waals surface area contributed by atoms with E-state index in [2.05, 4.69) is 9.85 Å². The molecule has 4 nitrogen and oxygen atoms in total. The maximum Gasteiger partial charge on any atom is 0.409 e. The molecule has 0 saturated carbocycles. The second kappa shape index (κ2) is 7.71. The Morgan fingerprint density at radius 3 is 2.72 bits per heavy atom. The standard InChI is InChI=1S/C13H12INO3/c14-9-3-5-11(16)8-7-10-4-1-2-6-12(10)18-13(15)17/h1-2,4,6H,5,7-8H2,(H2,15,17). The van der Waals surface area contributed by atoms with Crippen LogP contribution in [0.1, 0.15) is 18.4 Å². The van der Waals surface area contributed by atoms with Gasteiger partial charge in [0, 0.05) is 29.0 Å². The quantitative estimate of drug-likeness (QED) is 0.650. The molecule has 0 aliphatic heterocycles. The minimum atomic E-state index is -0.857. The minimum Gasteiger partial charge on any atom is -0.410 e. The summed E-state index contributed by atoms with van der Waals surface area (Å²) in [6, 6.07) is 7.01. The highest BCUT2D eigenvalue weighted by Gasteiger charge is 2.08. The van der Waals surface area contributed by atoms with Gasteiger partial charge >= 0.3 is 6.09 Å². The maximum absolute atomic E-state index is 11.5. The van der Waals surface area contributed by atoms with Crippen LogP contribution in [0.5, 0.6) is 5.75 Å². The summed E-state index contributed by atoms with van der Waals surface area (Å²) in [5.41, 5.74) is 5.75. The molecule has 1 aromatic rings. The molecule has 1 amide bonds. The Hall–Kier alpha value is -1.55. The average Bonchev–Trinajstić information content (AvgIpc) is 2.34. The third-order valence-corrected chi connectivity index (χ3v) is 2.59. The van der Waals surface area contributed by atoms with Crippen molar-refractivity contribution < 1.29 is 14.3 Å². The van der Waals surface area contributed by atoms with Gasteiger partial charge in [-0.1, -0.05) is 24.1 Å². The lowest BCUT2D eigenvalue weighted by Gasteiger charge is -2.07. The van der Waals surface area contributed by atoms with E-state index in [1.807, 2.05) is 28.7 Å². The number of hydrogen-bond acceptors (Lipinski definition) is 3. The monoisotopic (exact) mass is 357 g/mol. The maximum atomic E-state index is 11.5. The van der Waals surface area contributed by atoms with Gasteiger partial charge in [0.1, 0.15) is 11.5 Å². The Labute approximate surface area is 119 Å². The number of aryl methyl sites for hydroxylation is 1. The molecular weight excluding hydrogens is 345 g/mol. The van der Waals surface area contributed by atoms with Gasteiger partial charge in [0.05, 0.1) is 6.42 Å². The lowest BCUT2D eigenvalue weighted by atomic mass is 10.1. The summed E-state index contributed by atoms with van der Waals surface area (Å²) >= 11 is 1.89. The zero-order chi connectivity index (χ0) is 13.4. The Bertz CT molecular complexity index is 502. The molecule has 0 heterocycles. The van der Waals surface area contributed by atoms with Crippen LogP contribution in [-0.2, 0) is 11.2 Å². The van der Waals surface area contributed by atoms with Gasteiger partial charge in [0.25, 0.3) is 0 Å². The molecule has 0 aliphatic carbocycles. The number of Topliss-reactive ketones (excluding diaryl/α,β-unsaturated/α-hetero) is 1. The Balaban J connectivity index is 2.63. The van der Waals surface area contributed by atoms with Crippen LogP contribution in [0, 0.1) is 9.85 Å². The zero-order valence-corrected chi connectivity index (χ0v) is 11.8. The van der Waals surface area contributed by atoms with Crippen molar-refractivity contribution in [1.82, 2.24) is 0 Å². The smallest absolute Gasteiger partial charge is 0.409 e. The van der Waals surface area contributed by atoms with Crippen molar-refractivity contribution in [3.63, 3.8) is 0 Å². The summed E-state index contributed by atoms with van der Waals surface area (Å²) in [7, 11) is 0. The number of ether oxygens (including phenoxy) is 1. The summed E-state index contributed by atoms with van der Waals surface area (Å²) in [6.07, 6.45) is 0.266. The molecule has 5 heteroatoms. The summed E-state index contributed by atoms with van der Waals surface area (Å²) < 4.78 is 7.50. The molecule has 0 aromatic heterocycles. The minimum absolute atomic E-state index is 0.0630. The first-order valence-electron chi connectivity index (χ1n) is 5.29. The Morgan fingerprint density at radius 1 is 1.33 bits per heavy atom. The molecule has 0 aliphatic rings. The molecule has 0 radical (unpaired) electrons. The predicted octanol–water partition coefficient (Wildman–Crippen LogP) is 2.43. The first-order chi connectivity index (χ1) is 8.63. The van der Waals surface area contributed by atoms with E-state index in [1.165, 1.54) is 0 Å². The predicted molar refractivity (Wildman–Crippen MR) is 76.4 cm³/mol. The van der Waals surface area contributed by atoms with E-state index in [-0.39, 0.29) is 12.2 Å². The third kappa shape index (κ3) is 5.19. The number of nitrogens with two attached hydrogens (primary N) is 1. The van der Waals surface area contributed by atoms with Gasteiger partial charge < -0.3 is 10.5 Å². The first-order valence-corrected chi connectivity index (χ1v) is 6.36. The van der Waals surface area contributed by atoms with Crippen LogP contribution in [-0.4, -0.2) is 11.9 Å². The fourth-order valence-corrected chi connectivity index (χ4v) is 1.60. The highest BCUT2D eigenvalue weighted by Crippen LogP contribution is 2.19. The lowest BCUT2D eigenvalue weighted by Crippen LogP contribution is -2.17. The normalized spacial score (nSPS) is 9.17. The summed E-state index contributed by atoms with van der Waals surface area (Å²) in [5.74, 6) is 3.18. The molecule has 18 heavy (non-hydrogen) atoms. The number of halogens is 1. The van der Waals surface area contributed by atoms with Crippen LogP contribution in [0.3, 0.4) is 0 Å². The average molecular weight is 357 g/mol. The molecule has 0 bridgehead atoms. The number of para-hydroxylation sites is 1. The lowest BCUT2D eigenvalue weighted by molar-refractivity contribution is -0.118. The molecular formula is C13H12INO3. The summed E-state index contributed by atoms with van der Waals surface area (Å²) in [4.78, 5) is 22.2. The van der Waals surface area contributed by atoms with Crippen LogP contribution in [0.4, 0.5) is 4.79 Å². The van der Waals surface area contributed by atoms with Crippen molar-refractivity contribution in [1.29, 1.82) is 0 Å². The number of rotatable bonds is 5. The van der Waals surface area contributed by atoms with Crippen molar-refractivity contribution >= 4 is 34.5 Å². The van der Waals surface area contributed by atoms with E-state index >= 15 is 0 Å². The topological polar surface area (TPSA) is 69.4 Å². The van der Waals surface area contributed by atoms with E-state index in [9.17, 15) is 9.59 Å². The molecule has 0 fully saturated rings. The number of amides is 1. The zero-order valence-electron chi connectivity index (χ0n) is 9.61. The highest BCUT2D eigenvalue weighted by atomic mass is 127. The Kier molecular flexibility index (Phi) is 6.22. The number of carbonyl (C=O) groups is 2. The number of benzene rings is 1. The van der Waals surface area contributed by atoms with Crippen LogP contribution in [0.2, 0.25) is 0 Å². The van der Waals surface area contributed by atoms with Gasteiger partial charge in [-0.05, 0) is 22.0 Å². The molecule has 1 rings (SSSR count). The highest BCUT2D eigenvalue weighted by molar-refractivity contribution is 14.1. The van der Waals surface area contributed by atoms with Crippen molar-refractivity contribution in [2.24, 2.45) is 5.73 Å². The summed E-state index contributed by atoms with van der Waals surface area (Å²) in [6.45, 7) is 0. The number of ketones is 1. The second-order valence-electron chi connectivity index (χ2n) is 3.52. The van der Waals surface area contributed by atoms with E-state index in [0.29, 0.717) is 18.6 Å². The van der Waals surface area contributed by atoms with Crippen molar-refractivity contribution in [2.45, 2.75) is 19.3 Å². The van der Waals surface area contributed by atoms with Gasteiger partial charge in [-0.25, -0.2) is 4.79 Å². The SMILES string of the molecule is NC(=O)Oc1ccccc1CCC(=O)CC#CI. The largest absolute Gasteiger partial charge is 0.410 e. The summed E-state index contributed by atoms with van der Waals surface area (Å²) in [5, 5.41) is 0. The van der Waals surface area contributed by atoms with E-state index in [4.69, 9.17) is 10.5 Å². The number of primary amides is 1. The second-order valence-corrected chi connectivity index (χ2v) is 4.05. The first kappa shape index (κ1) is 14.5. The van der Waals surface area contributed by atoms with Crippen molar-refractivity contribution in [3.8, 4) is 15.6 Å². The Morgan fingerprint density at radius 2 is 2.06 bits per heavy atom. The van der Waals surface area contributed by atoms with Crippen molar-refractivity contribution in [2.75, 3.05) is 0 Å². The van der Waals surface area contributed by atoms with Gasteiger partial charge in [0.15, 0.2) is 0 Å². The van der Waals surface area contributed by atoms with Gasteiger partial charge in [-0.15, -0.1) is 0 Å². The molecule has 0 unspecified atom stereocenters. The van der Waals surface area contributed by atoms with Crippen LogP contribution >= 0.6 is 22.6 Å². The molecule has 0 spiro atoms. The van der Waals surface area contributed by atoms with E-state index < -0.39 is 6.09 Å². The van der Waals surface area contributed by atoms with Crippen LogP contribution in [0.15, 0.2) is 24.3 Å². The van der Waals surface area contributed by atoms with Gasteiger partial charge in [0.2, 0.25) is 0 Å². The molecule has 0 atom stereocenters. The molecule has 0 saturated heterocycles. The molecule has 2 N–H and O–H groups in total. The molecule has 1 aromatic carbocycles. The van der Waals surface area contributed by atoms with Crippen LogP contribution < -0.4 is 10.5 Å². The van der Waals surface area contributed by atoms with Gasteiger partial charge in [-0.3, -0.25) is 4.79 Å². The number of hydrogen-bond donors (Lipinski definition) is 1.